The molecule has 0 aromatic carbocycles. The minimum absolute atomic E-state index is 0.160. The van der Waals surface area contributed by atoms with Crippen molar-refractivity contribution in [2.75, 3.05) is 6.54 Å². The Morgan fingerprint density at radius 2 is 2.15 bits per heavy atom. The minimum Gasteiger partial charge on any atom is -0.444 e. The molecule has 0 aliphatic carbocycles. The van der Waals surface area contributed by atoms with E-state index < -0.39 is 23.9 Å². The number of carbonyl (C=O) groups excluding carboxylic acids is 1. The molecule has 7 nitrogen and oxygen atoms in total. The van der Waals surface area contributed by atoms with Crippen molar-refractivity contribution in [1.29, 1.82) is 0 Å². The third kappa shape index (κ3) is 4.99. The molecule has 0 radical (unpaired) electrons. The van der Waals surface area contributed by atoms with E-state index in [9.17, 15) is 15.0 Å². The first-order valence-electron chi connectivity index (χ1n) is 6.12. The van der Waals surface area contributed by atoms with Crippen molar-refractivity contribution in [3.63, 3.8) is 0 Å². The molecule has 1 aromatic heterocycles. The molecular weight excluding hydrogens is 286 g/mol. The number of aryl methyl sites for hydroxylation is 1. The largest absolute Gasteiger partial charge is 0.444 e. The molecule has 0 bridgehead atoms. The van der Waals surface area contributed by atoms with E-state index in [2.05, 4.69) is 10.4 Å². The maximum Gasteiger partial charge on any atom is 0.407 e. The first-order valence-corrected chi connectivity index (χ1v) is 6.50. The molecule has 0 saturated heterocycles. The summed E-state index contributed by atoms with van der Waals surface area (Å²) >= 11 is 5.87. The maximum atomic E-state index is 11.4. The van der Waals surface area contributed by atoms with E-state index in [-0.39, 0.29) is 17.3 Å². The Hall–Kier alpha value is -1.31. The van der Waals surface area contributed by atoms with E-state index in [0.29, 0.717) is 0 Å². The number of ether oxygens (including phenoxy) is 1. The summed E-state index contributed by atoms with van der Waals surface area (Å²) in [5.41, 5.74) is -0.467. The van der Waals surface area contributed by atoms with E-state index in [1.807, 2.05) is 0 Å². The Bertz CT molecular complexity index is 470. The van der Waals surface area contributed by atoms with Crippen LogP contribution >= 0.6 is 11.6 Å². The molecular formula is C12H20ClN3O4. The highest BCUT2D eigenvalue weighted by Gasteiger charge is 2.25. The van der Waals surface area contributed by atoms with Crippen molar-refractivity contribution in [3.8, 4) is 0 Å². The van der Waals surface area contributed by atoms with Crippen LogP contribution in [0.1, 0.15) is 32.6 Å². The van der Waals surface area contributed by atoms with Crippen LogP contribution in [0.25, 0.3) is 0 Å². The van der Waals surface area contributed by atoms with E-state index in [1.165, 1.54) is 10.9 Å². The van der Waals surface area contributed by atoms with Crippen LogP contribution in [0.3, 0.4) is 0 Å². The van der Waals surface area contributed by atoms with Crippen molar-refractivity contribution in [2.24, 2.45) is 7.05 Å². The lowest BCUT2D eigenvalue weighted by Crippen LogP contribution is -2.39. The second kappa shape index (κ2) is 6.43. The highest BCUT2D eigenvalue weighted by Crippen LogP contribution is 2.23. The Morgan fingerprint density at radius 1 is 1.55 bits per heavy atom. The summed E-state index contributed by atoms with van der Waals surface area (Å²) in [7, 11) is 1.65. The third-order valence-electron chi connectivity index (χ3n) is 2.31. The van der Waals surface area contributed by atoms with Gasteiger partial charge in [0.25, 0.3) is 0 Å². The Kier molecular flexibility index (Phi) is 5.38. The smallest absolute Gasteiger partial charge is 0.407 e. The Balaban J connectivity index is 2.52. The molecule has 1 heterocycles. The number of nitrogens with zero attached hydrogens (tertiary/aromatic N) is 2. The zero-order valence-electron chi connectivity index (χ0n) is 11.9. The van der Waals surface area contributed by atoms with Gasteiger partial charge in [-0.2, -0.15) is 5.10 Å². The van der Waals surface area contributed by atoms with Crippen LogP contribution in [0.4, 0.5) is 4.79 Å². The van der Waals surface area contributed by atoms with Gasteiger partial charge in [-0.3, -0.25) is 4.68 Å². The molecule has 0 aliphatic heterocycles. The van der Waals surface area contributed by atoms with E-state index in [1.54, 1.807) is 27.8 Å². The summed E-state index contributed by atoms with van der Waals surface area (Å²) in [4.78, 5) is 11.4. The number of amides is 1. The van der Waals surface area contributed by atoms with Crippen molar-refractivity contribution >= 4 is 17.7 Å². The Labute approximate surface area is 122 Å². The van der Waals surface area contributed by atoms with Crippen LogP contribution in [0.5, 0.6) is 0 Å². The number of rotatable bonds is 4. The molecule has 0 saturated carbocycles. The van der Waals surface area contributed by atoms with Gasteiger partial charge in [-0.25, -0.2) is 4.79 Å². The number of aliphatic hydroxyl groups is 2. The van der Waals surface area contributed by atoms with Crippen molar-refractivity contribution in [2.45, 2.75) is 38.6 Å². The molecule has 1 amide bonds. The topological polar surface area (TPSA) is 96.6 Å². The van der Waals surface area contributed by atoms with E-state index >= 15 is 0 Å². The van der Waals surface area contributed by atoms with Crippen molar-refractivity contribution < 1.29 is 19.7 Å². The third-order valence-corrected chi connectivity index (χ3v) is 2.60. The molecule has 1 rings (SSSR count). The molecule has 3 N–H and O–H groups in total. The normalized spacial score (nSPS) is 14.8. The standard InChI is InChI=1S/C12H20ClN3O4/c1-12(2,3)20-11(19)14-5-8(17)10(18)9-7(13)6-16(4)15-9/h6,8,10,17-18H,5H2,1-4H3,(H,14,19). The summed E-state index contributed by atoms with van der Waals surface area (Å²) in [6.45, 7) is 5.01. The molecule has 114 valence electrons. The van der Waals surface area contributed by atoms with Gasteiger partial charge in [0, 0.05) is 19.8 Å². The minimum atomic E-state index is -1.29. The predicted molar refractivity (Wildman–Crippen MR) is 73.4 cm³/mol. The van der Waals surface area contributed by atoms with Crippen LogP contribution < -0.4 is 5.32 Å². The molecule has 0 fully saturated rings. The number of hydrogen-bond donors (Lipinski definition) is 3. The van der Waals surface area contributed by atoms with E-state index in [4.69, 9.17) is 16.3 Å². The van der Waals surface area contributed by atoms with Gasteiger partial charge in [-0.15, -0.1) is 0 Å². The summed E-state index contributed by atoms with van der Waals surface area (Å²) in [5, 5.41) is 26.3. The summed E-state index contributed by atoms with van der Waals surface area (Å²) in [5.74, 6) is 0. The fraction of sp³-hybridized carbons (Fsp3) is 0.667. The number of aliphatic hydroxyl groups excluding tert-OH is 2. The molecule has 20 heavy (non-hydrogen) atoms. The van der Waals surface area contributed by atoms with Gasteiger partial charge in [-0.05, 0) is 20.8 Å². The van der Waals surface area contributed by atoms with Gasteiger partial charge < -0.3 is 20.3 Å². The summed E-state index contributed by atoms with van der Waals surface area (Å²) < 4.78 is 6.44. The number of aromatic nitrogens is 2. The van der Waals surface area contributed by atoms with Crippen molar-refractivity contribution in [1.82, 2.24) is 15.1 Å². The fourth-order valence-corrected chi connectivity index (χ4v) is 1.76. The lowest BCUT2D eigenvalue weighted by atomic mass is 10.1. The molecule has 0 aliphatic rings. The van der Waals surface area contributed by atoms with Crippen LogP contribution in [0.2, 0.25) is 5.02 Å². The second-order valence-electron chi connectivity index (χ2n) is 5.43. The number of carbonyl (C=O) groups is 1. The molecule has 2 unspecified atom stereocenters. The van der Waals surface area contributed by atoms with Gasteiger partial charge in [0.2, 0.25) is 0 Å². The SMILES string of the molecule is Cn1cc(Cl)c(C(O)C(O)CNC(=O)OC(C)(C)C)n1. The molecule has 0 spiro atoms. The lowest BCUT2D eigenvalue weighted by Gasteiger charge is -2.21. The monoisotopic (exact) mass is 305 g/mol. The fourth-order valence-electron chi connectivity index (χ4n) is 1.47. The van der Waals surface area contributed by atoms with Gasteiger partial charge in [0.1, 0.15) is 23.5 Å². The highest BCUT2D eigenvalue weighted by atomic mass is 35.5. The Morgan fingerprint density at radius 3 is 2.60 bits per heavy atom. The lowest BCUT2D eigenvalue weighted by molar-refractivity contribution is 0.0107. The average Bonchev–Trinajstić information content (AvgIpc) is 2.62. The first kappa shape index (κ1) is 16.7. The number of hydrogen-bond acceptors (Lipinski definition) is 5. The number of halogens is 1. The van der Waals surface area contributed by atoms with E-state index in [0.717, 1.165) is 0 Å². The average molecular weight is 306 g/mol. The van der Waals surface area contributed by atoms with Gasteiger partial charge in [-0.1, -0.05) is 11.6 Å². The van der Waals surface area contributed by atoms with Crippen LogP contribution in [-0.2, 0) is 11.8 Å². The van der Waals surface area contributed by atoms with Crippen LogP contribution in [0.15, 0.2) is 6.20 Å². The highest BCUT2D eigenvalue weighted by molar-refractivity contribution is 6.31. The quantitative estimate of drug-likeness (QED) is 0.771. The van der Waals surface area contributed by atoms with Gasteiger partial charge in [0.15, 0.2) is 0 Å². The van der Waals surface area contributed by atoms with Crippen LogP contribution in [-0.4, -0.2) is 44.3 Å². The van der Waals surface area contributed by atoms with Crippen molar-refractivity contribution in [3.05, 3.63) is 16.9 Å². The predicted octanol–water partition coefficient (Wildman–Crippen LogP) is 0.993. The zero-order chi connectivity index (χ0) is 15.5. The molecule has 2 atom stereocenters. The van der Waals surface area contributed by atoms with Crippen LogP contribution in [0, 0.1) is 0 Å². The summed E-state index contributed by atoms with van der Waals surface area (Å²) in [6, 6.07) is 0. The first-order chi connectivity index (χ1) is 9.10. The second-order valence-corrected chi connectivity index (χ2v) is 5.84. The number of alkyl carbamates (subject to hydrolysis) is 1. The molecule has 8 heteroatoms. The molecule has 1 aromatic rings. The van der Waals surface area contributed by atoms with Gasteiger partial charge in [0.05, 0.1) is 5.02 Å². The summed E-state index contributed by atoms with van der Waals surface area (Å²) in [6.07, 6.45) is -1.70. The maximum absolute atomic E-state index is 11.4. The number of nitrogens with one attached hydrogen (secondary N) is 1. The van der Waals surface area contributed by atoms with Gasteiger partial charge >= 0.3 is 6.09 Å². The zero-order valence-corrected chi connectivity index (χ0v) is 12.7.